The number of carboxylic acid groups (broad SMARTS) is 1. The van der Waals surface area contributed by atoms with Crippen molar-refractivity contribution >= 4 is 17.7 Å². The molecule has 0 amide bonds. The predicted molar refractivity (Wildman–Crippen MR) is 70.1 cm³/mol. The SMILES string of the molecule is O=C(O)C1CCC(O)(CSc2nccc(=O)[nH]2)CC1. The van der Waals surface area contributed by atoms with E-state index in [1.165, 1.54) is 24.0 Å². The molecule has 1 heterocycles. The summed E-state index contributed by atoms with van der Waals surface area (Å²) in [6.45, 7) is 0. The number of nitrogens with one attached hydrogen (secondary N) is 1. The molecule has 1 fully saturated rings. The number of rotatable bonds is 4. The van der Waals surface area contributed by atoms with Crippen LogP contribution in [0.3, 0.4) is 0 Å². The Bertz CT molecular complexity index is 508. The molecule has 1 aliphatic carbocycles. The van der Waals surface area contributed by atoms with Crippen LogP contribution in [0.25, 0.3) is 0 Å². The Morgan fingerprint density at radius 1 is 1.53 bits per heavy atom. The van der Waals surface area contributed by atoms with Crippen molar-refractivity contribution in [3.05, 3.63) is 22.6 Å². The summed E-state index contributed by atoms with van der Waals surface area (Å²) in [6.07, 6.45) is 3.34. The third-order valence-electron chi connectivity index (χ3n) is 3.39. The summed E-state index contributed by atoms with van der Waals surface area (Å²) in [4.78, 5) is 28.5. The van der Waals surface area contributed by atoms with Crippen LogP contribution in [0, 0.1) is 5.92 Å². The third-order valence-corrected chi connectivity index (χ3v) is 4.55. The molecule has 7 heteroatoms. The highest BCUT2D eigenvalue weighted by Crippen LogP contribution is 2.35. The summed E-state index contributed by atoms with van der Waals surface area (Å²) in [5.41, 5.74) is -1.09. The van der Waals surface area contributed by atoms with Crippen molar-refractivity contribution in [1.29, 1.82) is 0 Å². The van der Waals surface area contributed by atoms with Gasteiger partial charge in [-0.3, -0.25) is 9.59 Å². The van der Waals surface area contributed by atoms with E-state index in [-0.39, 0.29) is 11.5 Å². The van der Waals surface area contributed by atoms with Crippen molar-refractivity contribution in [2.75, 3.05) is 5.75 Å². The first-order valence-electron chi connectivity index (χ1n) is 6.12. The fourth-order valence-electron chi connectivity index (χ4n) is 2.17. The van der Waals surface area contributed by atoms with E-state index in [4.69, 9.17) is 5.11 Å². The lowest BCUT2D eigenvalue weighted by Crippen LogP contribution is -2.38. The van der Waals surface area contributed by atoms with Gasteiger partial charge in [0.2, 0.25) is 0 Å². The van der Waals surface area contributed by atoms with Crippen molar-refractivity contribution in [2.24, 2.45) is 5.92 Å². The molecule has 104 valence electrons. The molecular formula is C12H16N2O4S. The monoisotopic (exact) mass is 284 g/mol. The minimum atomic E-state index is -0.870. The number of thioether (sulfide) groups is 1. The van der Waals surface area contributed by atoms with Crippen LogP contribution in [0.1, 0.15) is 25.7 Å². The molecule has 0 spiro atoms. The third kappa shape index (κ3) is 3.81. The molecule has 2 rings (SSSR count). The van der Waals surface area contributed by atoms with Crippen molar-refractivity contribution in [3.63, 3.8) is 0 Å². The number of hydrogen-bond donors (Lipinski definition) is 3. The largest absolute Gasteiger partial charge is 0.481 e. The van der Waals surface area contributed by atoms with Crippen molar-refractivity contribution in [3.8, 4) is 0 Å². The number of carbonyl (C=O) groups is 1. The molecule has 0 radical (unpaired) electrons. The Morgan fingerprint density at radius 3 is 2.79 bits per heavy atom. The zero-order valence-electron chi connectivity index (χ0n) is 10.3. The van der Waals surface area contributed by atoms with Crippen LogP contribution in [0.5, 0.6) is 0 Å². The smallest absolute Gasteiger partial charge is 0.306 e. The van der Waals surface area contributed by atoms with Gasteiger partial charge in [0.1, 0.15) is 0 Å². The number of aliphatic carboxylic acids is 1. The van der Waals surface area contributed by atoms with E-state index in [1.807, 2.05) is 0 Å². The van der Waals surface area contributed by atoms with Crippen molar-refractivity contribution < 1.29 is 15.0 Å². The standard InChI is InChI=1S/C12H16N2O4S/c15-9-3-6-13-11(14-9)19-7-12(18)4-1-8(2-5-12)10(16)17/h3,6,8,18H,1-2,4-5,7H2,(H,16,17)(H,13,14,15). The average Bonchev–Trinajstić information content (AvgIpc) is 2.37. The molecule has 1 aromatic rings. The molecule has 0 unspecified atom stereocenters. The molecule has 1 aromatic heterocycles. The molecule has 0 aliphatic heterocycles. The highest BCUT2D eigenvalue weighted by Gasteiger charge is 2.35. The molecule has 1 saturated carbocycles. The predicted octanol–water partition coefficient (Wildman–Crippen LogP) is 0.868. The lowest BCUT2D eigenvalue weighted by molar-refractivity contribution is -0.144. The fourth-order valence-corrected chi connectivity index (χ4v) is 3.18. The van der Waals surface area contributed by atoms with Crippen LogP contribution in [-0.2, 0) is 4.79 Å². The summed E-state index contributed by atoms with van der Waals surface area (Å²) in [6, 6.07) is 1.33. The number of carboxylic acids is 1. The molecular weight excluding hydrogens is 268 g/mol. The van der Waals surface area contributed by atoms with E-state index in [0.29, 0.717) is 36.6 Å². The van der Waals surface area contributed by atoms with Crippen LogP contribution >= 0.6 is 11.8 Å². The number of aromatic amines is 1. The van der Waals surface area contributed by atoms with Crippen LogP contribution in [0.4, 0.5) is 0 Å². The molecule has 0 bridgehead atoms. The van der Waals surface area contributed by atoms with Crippen LogP contribution in [0.2, 0.25) is 0 Å². The first-order chi connectivity index (χ1) is 8.98. The molecule has 6 nitrogen and oxygen atoms in total. The summed E-state index contributed by atoms with van der Waals surface area (Å²) in [5.74, 6) is -0.726. The molecule has 1 aliphatic rings. The maximum atomic E-state index is 11.1. The van der Waals surface area contributed by atoms with Gasteiger partial charge in [0, 0.05) is 18.0 Å². The Morgan fingerprint density at radius 2 is 2.21 bits per heavy atom. The summed E-state index contributed by atoms with van der Waals surface area (Å²) in [5, 5.41) is 19.8. The Kier molecular flexibility index (Phi) is 4.26. The second-order valence-corrected chi connectivity index (χ2v) is 5.83. The Balaban J connectivity index is 1.89. The Labute approximate surface area is 114 Å². The van der Waals surface area contributed by atoms with E-state index in [1.54, 1.807) is 0 Å². The van der Waals surface area contributed by atoms with Gasteiger partial charge >= 0.3 is 5.97 Å². The van der Waals surface area contributed by atoms with Crippen molar-refractivity contribution in [1.82, 2.24) is 9.97 Å². The number of aromatic nitrogens is 2. The number of H-pyrrole nitrogens is 1. The van der Waals surface area contributed by atoms with Gasteiger partial charge in [-0.1, -0.05) is 11.8 Å². The molecule has 3 N–H and O–H groups in total. The van der Waals surface area contributed by atoms with Gasteiger partial charge in [-0.15, -0.1) is 0 Å². The summed E-state index contributed by atoms with van der Waals surface area (Å²) >= 11 is 1.29. The summed E-state index contributed by atoms with van der Waals surface area (Å²) < 4.78 is 0. The van der Waals surface area contributed by atoms with Gasteiger partial charge in [0.05, 0.1) is 11.5 Å². The van der Waals surface area contributed by atoms with Gasteiger partial charge < -0.3 is 15.2 Å². The topological polar surface area (TPSA) is 103 Å². The number of aliphatic hydroxyl groups is 1. The lowest BCUT2D eigenvalue weighted by Gasteiger charge is -2.34. The van der Waals surface area contributed by atoms with Gasteiger partial charge in [0.15, 0.2) is 5.16 Å². The van der Waals surface area contributed by atoms with Crippen LogP contribution < -0.4 is 5.56 Å². The second-order valence-electron chi connectivity index (χ2n) is 4.86. The quantitative estimate of drug-likeness (QED) is 0.560. The Hall–Kier alpha value is -1.34. The van der Waals surface area contributed by atoms with E-state index in [9.17, 15) is 14.7 Å². The normalized spacial score (nSPS) is 27.1. The molecule has 0 saturated heterocycles. The van der Waals surface area contributed by atoms with E-state index >= 15 is 0 Å². The van der Waals surface area contributed by atoms with Crippen molar-refractivity contribution in [2.45, 2.75) is 36.4 Å². The van der Waals surface area contributed by atoms with Gasteiger partial charge in [-0.25, -0.2) is 4.98 Å². The minimum absolute atomic E-state index is 0.223. The first-order valence-corrected chi connectivity index (χ1v) is 7.10. The molecule has 0 atom stereocenters. The highest BCUT2D eigenvalue weighted by molar-refractivity contribution is 7.99. The van der Waals surface area contributed by atoms with Gasteiger partial charge in [-0.05, 0) is 25.7 Å². The first kappa shape index (κ1) is 14.1. The summed E-state index contributed by atoms with van der Waals surface area (Å²) in [7, 11) is 0. The average molecular weight is 284 g/mol. The van der Waals surface area contributed by atoms with Crippen LogP contribution in [0.15, 0.2) is 22.2 Å². The maximum Gasteiger partial charge on any atom is 0.306 e. The van der Waals surface area contributed by atoms with E-state index in [0.717, 1.165) is 0 Å². The second kappa shape index (κ2) is 5.75. The van der Waals surface area contributed by atoms with E-state index < -0.39 is 11.6 Å². The molecule has 0 aromatic carbocycles. The lowest BCUT2D eigenvalue weighted by atomic mass is 9.80. The molecule has 19 heavy (non-hydrogen) atoms. The van der Waals surface area contributed by atoms with Gasteiger partial charge in [0.25, 0.3) is 5.56 Å². The fraction of sp³-hybridized carbons (Fsp3) is 0.583. The number of nitrogens with zero attached hydrogens (tertiary/aromatic N) is 1. The van der Waals surface area contributed by atoms with E-state index in [2.05, 4.69) is 9.97 Å². The zero-order chi connectivity index (χ0) is 13.9. The van der Waals surface area contributed by atoms with Gasteiger partial charge in [-0.2, -0.15) is 0 Å². The highest BCUT2D eigenvalue weighted by atomic mass is 32.2. The maximum absolute atomic E-state index is 11.1. The van der Waals surface area contributed by atoms with Crippen LogP contribution in [-0.4, -0.2) is 37.5 Å². The minimum Gasteiger partial charge on any atom is -0.481 e. The zero-order valence-corrected chi connectivity index (χ0v) is 11.2. The number of hydrogen-bond acceptors (Lipinski definition) is 5.